The molecule has 0 fully saturated rings. The van der Waals surface area contributed by atoms with Crippen LogP contribution in [0.1, 0.15) is 11.3 Å². The first-order valence-corrected chi connectivity index (χ1v) is 8.15. The first-order chi connectivity index (χ1) is 12.9. The van der Waals surface area contributed by atoms with Gasteiger partial charge < -0.3 is 15.4 Å². The van der Waals surface area contributed by atoms with Gasteiger partial charge in [-0.3, -0.25) is 4.98 Å². The molecule has 5 nitrogen and oxygen atoms in total. The van der Waals surface area contributed by atoms with Crippen molar-refractivity contribution in [1.29, 1.82) is 0 Å². The van der Waals surface area contributed by atoms with E-state index in [1.807, 2.05) is 6.92 Å². The number of hydrogen-bond donors (Lipinski definition) is 2. The molecule has 1 heterocycles. The molecule has 3 rings (SSSR count). The quantitative estimate of drug-likeness (QED) is 0.646. The number of halogens is 2. The van der Waals surface area contributed by atoms with Crippen molar-refractivity contribution in [3.63, 3.8) is 0 Å². The van der Waals surface area contributed by atoms with Gasteiger partial charge in [0.1, 0.15) is 23.1 Å². The first kappa shape index (κ1) is 18.3. The molecule has 0 aliphatic heterocycles. The van der Waals surface area contributed by atoms with Crippen LogP contribution in [0, 0.1) is 25.5 Å². The second kappa shape index (κ2) is 7.82. The van der Waals surface area contributed by atoms with Crippen LogP contribution in [0.4, 0.5) is 25.0 Å². The average molecular weight is 369 g/mol. The summed E-state index contributed by atoms with van der Waals surface area (Å²) in [7, 11) is 0. The smallest absolute Gasteiger partial charge is 0.323 e. The zero-order chi connectivity index (χ0) is 19.4. The van der Waals surface area contributed by atoms with Gasteiger partial charge in [0.15, 0.2) is 0 Å². The fourth-order valence-electron chi connectivity index (χ4n) is 2.39. The summed E-state index contributed by atoms with van der Waals surface area (Å²) < 4.78 is 33.5. The zero-order valence-corrected chi connectivity index (χ0v) is 14.7. The number of carbonyl (C=O) groups excluding carboxylic acids is 1. The van der Waals surface area contributed by atoms with Gasteiger partial charge in [-0.25, -0.2) is 13.6 Å². The Morgan fingerprint density at radius 2 is 1.63 bits per heavy atom. The summed E-state index contributed by atoms with van der Waals surface area (Å²) in [5, 5.41) is 4.71. The number of anilines is 2. The number of pyridine rings is 1. The van der Waals surface area contributed by atoms with Crippen molar-refractivity contribution in [3.8, 4) is 11.5 Å². The molecule has 0 aliphatic carbocycles. The van der Waals surface area contributed by atoms with E-state index < -0.39 is 17.7 Å². The SMILES string of the molecule is Cc1ccc(F)c(NC(=O)Nc2ccc(Oc3ccnc(C)c3)cc2F)c1. The van der Waals surface area contributed by atoms with Crippen LogP contribution in [0.2, 0.25) is 0 Å². The molecule has 0 radical (unpaired) electrons. The normalized spacial score (nSPS) is 10.4. The number of ether oxygens (including phenoxy) is 1. The Balaban J connectivity index is 1.68. The number of hydrogen-bond acceptors (Lipinski definition) is 3. The number of aryl methyl sites for hydroxylation is 2. The van der Waals surface area contributed by atoms with Gasteiger partial charge in [0.05, 0.1) is 11.4 Å². The highest BCUT2D eigenvalue weighted by atomic mass is 19.1. The van der Waals surface area contributed by atoms with Crippen molar-refractivity contribution in [1.82, 2.24) is 4.98 Å². The molecule has 2 N–H and O–H groups in total. The maximum atomic E-state index is 14.3. The molecular weight excluding hydrogens is 352 g/mol. The minimum atomic E-state index is -0.753. The Bertz CT molecular complexity index is 993. The zero-order valence-electron chi connectivity index (χ0n) is 14.7. The Morgan fingerprint density at radius 3 is 2.37 bits per heavy atom. The van der Waals surface area contributed by atoms with Crippen molar-refractivity contribution in [2.45, 2.75) is 13.8 Å². The third kappa shape index (κ3) is 4.78. The van der Waals surface area contributed by atoms with Crippen molar-refractivity contribution in [2.75, 3.05) is 10.6 Å². The lowest BCUT2D eigenvalue weighted by molar-refractivity contribution is 0.262. The van der Waals surface area contributed by atoms with E-state index >= 15 is 0 Å². The van der Waals surface area contributed by atoms with Crippen LogP contribution in [-0.2, 0) is 0 Å². The summed E-state index contributed by atoms with van der Waals surface area (Å²) in [6.45, 7) is 3.58. The highest BCUT2D eigenvalue weighted by Crippen LogP contribution is 2.26. The second-order valence-corrected chi connectivity index (χ2v) is 5.94. The molecular formula is C20H17F2N3O2. The Labute approximate surface area is 155 Å². The number of amides is 2. The lowest BCUT2D eigenvalue weighted by Gasteiger charge is -2.11. The monoisotopic (exact) mass is 369 g/mol. The number of nitrogens with one attached hydrogen (secondary N) is 2. The van der Waals surface area contributed by atoms with E-state index in [1.54, 1.807) is 31.3 Å². The predicted octanol–water partition coefficient (Wildman–Crippen LogP) is 5.41. The van der Waals surface area contributed by atoms with E-state index in [0.717, 1.165) is 17.3 Å². The second-order valence-electron chi connectivity index (χ2n) is 5.94. The molecule has 138 valence electrons. The molecule has 27 heavy (non-hydrogen) atoms. The van der Waals surface area contributed by atoms with Gasteiger partial charge in [0.25, 0.3) is 0 Å². The number of carbonyl (C=O) groups is 1. The number of aromatic nitrogens is 1. The summed E-state index contributed by atoms with van der Waals surface area (Å²) >= 11 is 0. The van der Waals surface area contributed by atoms with Gasteiger partial charge in [0.2, 0.25) is 0 Å². The summed E-state index contributed by atoms with van der Waals surface area (Å²) in [4.78, 5) is 16.1. The van der Waals surface area contributed by atoms with Crippen LogP contribution in [0.5, 0.6) is 11.5 Å². The van der Waals surface area contributed by atoms with E-state index in [1.165, 1.54) is 24.3 Å². The number of nitrogens with zero attached hydrogens (tertiary/aromatic N) is 1. The van der Waals surface area contributed by atoms with Gasteiger partial charge >= 0.3 is 6.03 Å². The van der Waals surface area contributed by atoms with Crippen molar-refractivity contribution in [3.05, 3.63) is 77.6 Å². The summed E-state index contributed by atoms with van der Waals surface area (Å²) in [6.07, 6.45) is 1.59. The van der Waals surface area contributed by atoms with Crippen LogP contribution in [0.3, 0.4) is 0 Å². The predicted molar refractivity (Wildman–Crippen MR) is 99.2 cm³/mol. The molecule has 7 heteroatoms. The first-order valence-electron chi connectivity index (χ1n) is 8.15. The molecule has 0 aliphatic rings. The Morgan fingerprint density at radius 1 is 0.889 bits per heavy atom. The van der Waals surface area contributed by atoms with E-state index in [0.29, 0.717) is 5.75 Å². The maximum absolute atomic E-state index is 14.3. The Hall–Kier alpha value is -3.48. The van der Waals surface area contributed by atoms with E-state index in [2.05, 4.69) is 15.6 Å². The number of rotatable bonds is 4. The molecule has 1 aromatic heterocycles. The van der Waals surface area contributed by atoms with Crippen molar-refractivity contribution in [2.24, 2.45) is 0 Å². The van der Waals surface area contributed by atoms with Crippen molar-refractivity contribution >= 4 is 17.4 Å². The third-order valence-corrected chi connectivity index (χ3v) is 3.66. The lowest BCUT2D eigenvalue weighted by Crippen LogP contribution is -2.20. The summed E-state index contributed by atoms with van der Waals surface area (Å²) in [5.74, 6) is -0.463. The molecule has 0 bridgehead atoms. The van der Waals surface area contributed by atoms with Gasteiger partial charge in [-0.05, 0) is 49.7 Å². The van der Waals surface area contributed by atoms with Crippen LogP contribution < -0.4 is 15.4 Å². The molecule has 0 saturated heterocycles. The van der Waals surface area contributed by atoms with Gasteiger partial charge in [-0.1, -0.05) is 6.07 Å². The topological polar surface area (TPSA) is 63.2 Å². The fourth-order valence-corrected chi connectivity index (χ4v) is 2.39. The van der Waals surface area contributed by atoms with Crippen LogP contribution >= 0.6 is 0 Å². The molecule has 2 amide bonds. The largest absolute Gasteiger partial charge is 0.457 e. The van der Waals surface area contributed by atoms with Gasteiger partial charge in [0, 0.05) is 24.0 Å². The molecule has 3 aromatic rings. The number of urea groups is 1. The highest BCUT2D eigenvalue weighted by molar-refractivity contribution is 6.00. The standard InChI is InChI=1S/C20H17F2N3O2/c1-12-3-5-16(21)19(9-12)25-20(26)24-18-6-4-14(11-17(18)22)27-15-7-8-23-13(2)10-15/h3-11H,1-2H3,(H2,24,25,26). The minimum Gasteiger partial charge on any atom is -0.457 e. The molecule has 0 spiro atoms. The molecule has 0 saturated carbocycles. The van der Waals surface area contributed by atoms with Crippen molar-refractivity contribution < 1.29 is 18.3 Å². The fraction of sp³-hybridized carbons (Fsp3) is 0.100. The summed E-state index contributed by atoms with van der Waals surface area (Å²) in [6, 6.07) is 11.0. The number of benzene rings is 2. The van der Waals surface area contributed by atoms with E-state index in [4.69, 9.17) is 4.74 Å². The Kier molecular flexibility index (Phi) is 5.30. The third-order valence-electron chi connectivity index (χ3n) is 3.66. The average Bonchev–Trinajstić information content (AvgIpc) is 2.60. The molecule has 0 unspecified atom stereocenters. The van der Waals surface area contributed by atoms with Crippen LogP contribution in [0.25, 0.3) is 0 Å². The highest BCUT2D eigenvalue weighted by Gasteiger charge is 2.11. The summed E-state index contributed by atoms with van der Waals surface area (Å²) in [5.41, 5.74) is 1.51. The van der Waals surface area contributed by atoms with Gasteiger partial charge in [-0.2, -0.15) is 0 Å². The minimum absolute atomic E-state index is 0.0147. The van der Waals surface area contributed by atoms with E-state index in [9.17, 15) is 13.6 Å². The van der Waals surface area contributed by atoms with Crippen LogP contribution in [-0.4, -0.2) is 11.0 Å². The molecule has 0 atom stereocenters. The molecule has 2 aromatic carbocycles. The maximum Gasteiger partial charge on any atom is 0.323 e. The lowest BCUT2D eigenvalue weighted by atomic mass is 10.2. The van der Waals surface area contributed by atoms with Gasteiger partial charge in [-0.15, -0.1) is 0 Å². The van der Waals surface area contributed by atoms with E-state index in [-0.39, 0.29) is 17.1 Å². The van der Waals surface area contributed by atoms with Crippen LogP contribution in [0.15, 0.2) is 54.7 Å².